The maximum absolute atomic E-state index is 12.7. The van der Waals surface area contributed by atoms with Gasteiger partial charge in [-0.15, -0.1) is 11.6 Å². The Labute approximate surface area is 128 Å². The molecule has 0 bridgehead atoms. The minimum atomic E-state index is -3.45. The molecule has 1 saturated heterocycles. The van der Waals surface area contributed by atoms with E-state index in [0.29, 0.717) is 17.3 Å². The second-order valence-electron chi connectivity index (χ2n) is 4.73. The molecule has 0 amide bonds. The number of nitrogens with zero attached hydrogens (tertiary/aromatic N) is 1. The maximum Gasteiger partial charge on any atom is 0.243 e. The third-order valence-electron chi connectivity index (χ3n) is 3.40. The Bertz CT molecular complexity index is 535. The molecule has 1 unspecified atom stereocenters. The fourth-order valence-electron chi connectivity index (χ4n) is 2.38. The second-order valence-corrected chi connectivity index (χ2v) is 7.85. The van der Waals surface area contributed by atoms with Crippen molar-refractivity contribution in [3.8, 4) is 0 Å². The summed E-state index contributed by atoms with van der Waals surface area (Å²) in [5.41, 5.74) is 0. The van der Waals surface area contributed by atoms with Crippen molar-refractivity contribution < 1.29 is 8.42 Å². The van der Waals surface area contributed by atoms with Crippen LogP contribution in [-0.2, 0) is 10.0 Å². The third kappa shape index (κ3) is 3.51. The van der Waals surface area contributed by atoms with E-state index in [1.54, 1.807) is 22.5 Å². The Kier molecular flexibility index (Phi) is 5.29. The van der Waals surface area contributed by atoms with E-state index in [4.69, 9.17) is 11.6 Å². The van der Waals surface area contributed by atoms with Gasteiger partial charge in [0.1, 0.15) is 0 Å². The van der Waals surface area contributed by atoms with E-state index >= 15 is 0 Å². The average Bonchev–Trinajstić information content (AvgIpc) is 2.64. The predicted octanol–water partition coefficient (Wildman–Crippen LogP) is 3.62. The van der Waals surface area contributed by atoms with Gasteiger partial charge >= 0.3 is 0 Å². The molecule has 1 aliphatic rings. The first kappa shape index (κ1) is 15.3. The van der Waals surface area contributed by atoms with Gasteiger partial charge in [0, 0.05) is 22.9 Å². The molecule has 0 N–H and O–H groups in total. The zero-order valence-corrected chi connectivity index (χ0v) is 13.7. The molecule has 19 heavy (non-hydrogen) atoms. The number of halogens is 2. The molecule has 6 heteroatoms. The first-order chi connectivity index (χ1) is 9.05. The van der Waals surface area contributed by atoms with Crippen molar-refractivity contribution in [1.29, 1.82) is 0 Å². The first-order valence-corrected chi connectivity index (χ1v) is 9.16. The van der Waals surface area contributed by atoms with Gasteiger partial charge in [-0.25, -0.2) is 8.42 Å². The molecule has 0 radical (unpaired) electrons. The highest BCUT2D eigenvalue weighted by Gasteiger charge is 2.31. The number of hydrogen-bond donors (Lipinski definition) is 0. The summed E-state index contributed by atoms with van der Waals surface area (Å²) < 4.78 is 27.8. The maximum atomic E-state index is 12.7. The molecule has 0 aliphatic carbocycles. The fourth-order valence-corrected chi connectivity index (χ4v) is 5.08. The molecule has 0 aromatic heterocycles. The molecule has 1 aromatic rings. The number of rotatable bonds is 3. The van der Waals surface area contributed by atoms with Crippen LogP contribution >= 0.6 is 27.5 Å². The largest absolute Gasteiger partial charge is 0.243 e. The van der Waals surface area contributed by atoms with E-state index in [-0.39, 0.29) is 6.04 Å². The smallest absolute Gasteiger partial charge is 0.207 e. The summed E-state index contributed by atoms with van der Waals surface area (Å²) >= 11 is 9.27. The predicted molar refractivity (Wildman–Crippen MR) is 81.0 cm³/mol. The monoisotopic (exact) mass is 365 g/mol. The SMILES string of the molecule is O=S(=O)(c1cccc(Br)c1)N1CCCCCC1CCl. The lowest BCUT2D eigenvalue weighted by molar-refractivity contribution is 0.345. The van der Waals surface area contributed by atoms with Crippen molar-refractivity contribution in [3.63, 3.8) is 0 Å². The van der Waals surface area contributed by atoms with Crippen LogP contribution in [0.5, 0.6) is 0 Å². The zero-order chi connectivity index (χ0) is 13.9. The lowest BCUT2D eigenvalue weighted by atomic mass is 10.1. The summed E-state index contributed by atoms with van der Waals surface area (Å²) in [6, 6.07) is 6.75. The molecule has 1 aromatic carbocycles. The minimum Gasteiger partial charge on any atom is -0.207 e. The van der Waals surface area contributed by atoms with Crippen LogP contribution in [0.1, 0.15) is 25.7 Å². The Balaban J connectivity index is 2.36. The average molecular weight is 367 g/mol. The number of alkyl halides is 1. The van der Waals surface area contributed by atoms with Crippen molar-refractivity contribution in [2.24, 2.45) is 0 Å². The van der Waals surface area contributed by atoms with E-state index in [1.807, 2.05) is 6.07 Å². The molecule has 106 valence electrons. The molecular weight excluding hydrogens is 350 g/mol. The lowest BCUT2D eigenvalue weighted by Gasteiger charge is -2.27. The standard InChI is InChI=1S/C13H17BrClNO2S/c14-11-5-4-7-13(9-11)19(17,18)16-8-3-1-2-6-12(16)10-15/h4-5,7,9,12H,1-3,6,8,10H2. The number of sulfonamides is 1. The molecule has 0 saturated carbocycles. The van der Waals surface area contributed by atoms with Gasteiger partial charge in [-0.2, -0.15) is 4.31 Å². The number of benzene rings is 1. The van der Waals surface area contributed by atoms with Gasteiger partial charge in [0.25, 0.3) is 0 Å². The van der Waals surface area contributed by atoms with Crippen LogP contribution in [0.4, 0.5) is 0 Å². The van der Waals surface area contributed by atoms with Crippen LogP contribution in [0.2, 0.25) is 0 Å². The van der Waals surface area contributed by atoms with Crippen molar-refractivity contribution in [2.45, 2.75) is 36.6 Å². The summed E-state index contributed by atoms with van der Waals surface area (Å²) in [6.07, 6.45) is 3.86. The van der Waals surface area contributed by atoms with E-state index in [9.17, 15) is 8.42 Å². The molecular formula is C13H17BrClNO2S. The second kappa shape index (κ2) is 6.57. The van der Waals surface area contributed by atoms with Crippen molar-refractivity contribution >= 4 is 37.6 Å². The summed E-state index contributed by atoms with van der Waals surface area (Å²) in [5, 5.41) is 0. The van der Waals surface area contributed by atoms with Crippen molar-refractivity contribution in [1.82, 2.24) is 4.31 Å². The minimum absolute atomic E-state index is 0.0897. The number of hydrogen-bond acceptors (Lipinski definition) is 2. The molecule has 1 aliphatic heterocycles. The quantitative estimate of drug-likeness (QED) is 0.766. The molecule has 3 nitrogen and oxygen atoms in total. The van der Waals surface area contributed by atoms with E-state index in [0.717, 1.165) is 30.2 Å². The Hall–Kier alpha value is -0.100. The molecule has 1 heterocycles. The summed E-state index contributed by atoms with van der Waals surface area (Å²) in [5.74, 6) is 0.354. The van der Waals surface area contributed by atoms with Gasteiger partial charge in [-0.1, -0.05) is 34.8 Å². The van der Waals surface area contributed by atoms with Gasteiger partial charge in [0.15, 0.2) is 0 Å². The first-order valence-electron chi connectivity index (χ1n) is 6.39. The zero-order valence-electron chi connectivity index (χ0n) is 10.6. The van der Waals surface area contributed by atoms with Crippen LogP contribution in [0.25, 0.3) is 0 Å². The van der Waals surface area contributed by atoms with Crippen LogP contribution in [0.15, 0.2) is 33.6 Å². The van der Waals surface area contributed by atoms with Gasteiger partial charge in [-0.05, 0) is 31.0 Å². The van der Waals surface area contributed by atoms with Gasteiger partial charge < -0.3 is 0 Å². The highest BCUT2D eigenvalue weighted by Crippen LogP contribution is 2.26. The Morgan fingerprint density at radius 3 is 2.79 bits per heavy atom. The lowest BCUT2D eigenvalue weighted by Crippen LogP contribution is -2.41. The molecule has 0 spiro atoms. The van der Waals surface area contributed by atoms with E-state index in [2.05, 4.69) is 15.9 Å². The van der Waals surface area contributed by atoms with Gasteiger partial charge in [0.05, 0.1) is 4.90 Å². The van der Waals surface area contributed by atoms with E-state index < -0.39 is 10.0 Å². The topological polar surface area (TPSA) is 37.4 Å². The van der Waals surface area contributed by atoms with Crippen LogP contribution in [0.3, 0.4) is 0 Å². The molecule has 1 fully saturated rings. The third-order valence-corrected chi connectivity index (χ3v) is 6.20. The molecule has 1 atom stereocenters. The highest BCUT2D eigenvalue weighted by molar-refractivity contribution is 9.10. The van der Waals surface area contributed by atoms with Gasteiger partial charge in [0.2, 0.25) is 10.0 Å². The Morgan fingerprint density at radius 1 is 1.32 bits per heavy atom. The van der Waals surface area contributed by atoms with Crippen LogP contribution in [-0.4, -0.2) is 31.2 Å². The Morgan fingerprint density at radius 2 is 2.11 bits per heavy atom. The normalized spacial score (nSPS) is 22.1. The van der Waals surface area contributed by atoms with Gasteiger partial charge in [-0.3, -0.25) is 0 Å². The fraction of sp³-hybridized carbons (Fsp3) is 0.538. The van der Waals surface area contributed by atoms with Crippen molar-refractivity contribution in [3.05, 3.63) is 28.7 Å². The highest BCUT2D eigenvalue weighted by atomic mass is 79.9. The molecule has 2 rings (SSSR count). The summed E-state index contributed by atoms with van der Waals surface area (Å²) in [6.45, 7) is 0.562. The summed E-state index contributed by atoms with van der Waals surface area (Å²) in [4.78, 5) is 0.332. The van der Waals surface area contributed by atoms with Crippen LogP contribution in [0, 0.1) is 0 Å². The van der Waals surface area contributed by atoms with Crippen molar-refractivity contribution in [2.75, 3.05) is 12.4 Å². The summed E-state index contributed by atoms with van der Waals surface area (Å²) in [7, 11) is -3.45. The van der Waals surface area contributed by atoms with E-state index in [1.165, 1.54) is 0 Å². The van der Waals surface area contributed by atoms with Crippen LogP contribution < -0.4 is 0 Å².